The molecule has 0 aliphatic carbocycles. The van der Waals surface area contributed by atoms with Crippen LogP contribution in [0.15, 0.2) is 43.0 Å². The highest BCUT2D eigenvalue weighted by molar-refractivity contribution is 5.96. The number of amides is 1. The van der Waals surface area contributed by atoms with E-state index in [1.807, 2.05) is 12.1 Å². The summed E-state index contributed by atoms with van der Waals surface area (Å²) in [7, 11) is 1.34. The van der Waals surface area contributed by atoms with Crippen LogP contribution in [0.2, 0.25) is 0 Å². The Morgan fingerprint density at radius 1 is 1.18 bits per heavy atom. The second-order valence-electron chi connectivity index (χ2n) is 5.20. The van der Waals surface area contributed by atoms with Crippen LogP contribution in [0, 0.1) is 0 Å². The first-order valence-corrected chi connectivity index (χ1v) is 7.73. The van der Waals surface area contributed by atoms with Gasteiger partial charge in [0.25, 0.3) is 5.91 Å². The van der Waals surface area contributed by atoms with Gasteiger partial charge >= 0.3 is 5.97 Å². The number of allylic oxidation sites excluding steroid dienone is 1. The number of hydrogen-bond donors (Lipinski definition) is 1. The first-order valence-electron chi connectivity index (χ1n) is 7.73. The molecule has 0 radical (unpaired) electrons. The number of unbranched alkanes of at least 4 members (excludes halogenated alkanes) is 4. The lowest BCUT2D eigenvalue weighted by molar-refractivity contribution is -0.143. The van der Waals surface area contributed by atoms with Gasteiger partial charge in [0.1, 0.15) is 6.04 Å². The van der Waals surface area contributed by atoms with Gasteiger partial charge in [0, 0.05) is 5.56 Å². The zero-order valence-corrected chi connectivity index (χ0v) is 13.2. The van der Waals surface area contributed by atoms with Crippen molar-refractivity contribution in [2.75, 3.05) is 7.11 Å². The molecule has 1 amide bonds. The quantitative estimate of drug-likeness (QED) is 0.409. The fourth-order valence-corrected chi connectivity index (χ4v) is 2.21. The standard InChI is InChI=1S/C18H25NO3/c1-3-4-5-6-7-11-14-16(18(21)22-2)19-17(20)15-12-9-8-10-13-15/h3,8-10,12-13,16H,1,4-7,11,14H2,2H3,(H,19,20)/t16-/m0/s1. The molecule has 0 heterocycles. The van der Waals surface area contributed by atoms with Gasteiger partial charge in [-0.3, -0.25) is 4.79 Å². The number of carbonyl (C=O) groups excluding carboxylic acids is 2. The topological polar surface area (TPSA) is 55.4 Å². The molecule has 0 aliphatic rings. The summed E-state index contributed by atoms with van der Waals surface area (Å²) in [5, 5.41) is 2.76. The number of hydrogen-bond acceptors (Lipinski definition) is 3. The Morgan fingerprint density at radius 3 is 2.50 bits per heavy atom. The summed E-state index contributed by atoms with van der Waals surface area (Å²) in [6.07, 6.45) is 7.66. The van der Waals surface area contributed by atoms with Gasteiger partial charge in [0.15, 0.2) is 0 Å². The van der Waals surface area contributed by atoms with E-state index < -0.39 is 12.0 Å². The molecule has 1 rings (SSSR count). The van der Waals surface area contributed by atoms with E-state index >= 15 is 0 Å². The molecule has 1 aromatic rings. The molecular weight excluding hydrogens is 278 g/mol. The molecule has 0 unspecified atom stereocenters. The number of ether oxygens (including phenoxy) is 1. The van der Waals surface area contributed by atoms with Gasteiger partial charge in [-0.2, -0.15) is 0 Å². The van der Waals surface area contributed by atoms with Crippen molar-refractivity contribution in [3.8, 4) is 0 Å². The van der Waals surface area contributed by atoms with Crippen molar-refractivity contribution >= 4 is 11.9 Å². The van der Waals surface area contributed by atoms with Gasteiger partial charge in [-0.1, -0.05) is 43.5 Å². The fraction of sp³-hybridized carbons (Fsp3) is 0.444. The fourth-order valence-electron chi connectivity index (χ4n) is 2.21. The maximum Gasteiger partial charge on any atom is 0.328 e. The van der Waals surface area contributed by atoms with Crippen LogP contribution in [0.25, 0.3) is 0 Å². The van der Waals surface area contributed by atoms with E-state index in [9.17, 15) is 9.59 Å². The highest BCUT2D eigenvalue weighted by Gasteiger charge is 2.21. The van der Waals surface area contributed by atoms with E-state index in [0.717, 1.165) is 32.1 Å². The molecule has 4 heteroatoms. The molecule has 120 valence electrons. The summed E-state index contributed by atoms with van der Waals surface area (Å²) >= 11 is 0. The van der Waals surface area contributed by atoms with Gasteiger partial charge in [-0.25, -0.2) is 4.79 Å². The van der Waals surface area contributed by atoms with Gasteiger partial charge in [-0.15, -0.1) is 6.58 Å². The lowest BCUT2D eigenvalue weighted by Crippen LogP contribution is -2.41. The number of rotatable bonds is 10. The molecule has 1 N–H and O–H groups in total. The van der Waals surface area contributed by atoms with Crippen LogP contribution in [0.5, 0.6) is 0 Å². The Bertz CT molecular complexity index is 470. The third-order valence-corrected chi connectivity index (χ3v) is 3.48. The van der Waals surface area contributed by atoms with Crippen LogP contribution >= 0.6 is 0 Å². The van der Waals surface area contributed by atoms with Crippen molar-refractivity contribution in [2.45, 2.75) is 44.6 Å². The minimum absolute atomic E-state index is 0.248. The average molecular weight is 303 g/mol. The second-order valence-corrected chi connectivity index (χ2v) is 5.20. The zero-order valence-electron chi connectivity index (χ0n) is 13.2. The van der Waals surface area contributed by atoms with Crippen LogP contribution in [0.1, 0.15) is 48.9 Å². The second kappa shape index (κ2) is 10.6. The molecule has 22 heavy (non-hydrogen) atoms. The monoisotopic (exact) mass is 303 g/mol. The molecule has 0 aliphatic heterocycles. The molecule has 0 aromatic heterocycles. The molecule has 1 aromatic carbocycles. The Labute approximate surface area is 132 Å². The predicted molar refractivity (Wildman–Crippen MR) is 87.6 cm³/mol. The van der Waals surface area contributed by atoms with E-state index in [1.54, 1.807) is 24.3 Å². The van der Waals surface area contributed by atoms with Crippen LogP contribution in [0.3, 0.4) is 0 Å². The van der Waals surface area contributed by atoms with E-state index in [2.05, 4.69) is 11.9 Å². The van der Waals surface area contributed by atoms with Gasteiger partial charge in [0.05, 0.1) is 7.11 Å². The number of methoxy groups -OCH3 is 1. The van der Waals surface area contributed by atoms with Crippen molar-refractivity contribution in [2.24, 2.45) is 0 Å². The van der Waals surface area contributed by atoms with Crippen molar-refractivity contribution in [3.05, 3.63) is 48.6 Å². The van der Waals surface area contributed by atoms with Crippen LogP contribution in [-0.2, 0) is 9.53 Å². The van der Waals surface area contributed by atoms with Crippen LogP contribution < -0.4 is 5.32 Å². The molecule has 4 nitrogen and oxygen atoms in total. The summed E-state index contributed by atoms with van der Waals surface area (Å²) in [6, 6.07) is 8.29. The Morgan fingerprint density at radius 2 is 1.86 bits per heavy atom. The molecule has 0 spiro atoms. The van der Waals surface area contributed by atoms with Gasteiger partial charge in [-0.05, 0) is 31.4 Å². The molecule has 0 bridgehead atoms. The Hall–Kier alpha value is -2.10. The SMILES string of the molecule is C=CCCCCCC[C@H](NC(=O)c1ccccc1)C(=O)OC. The lowest BCUT2D eigenvalue weighted by Gasteiger charge is -2.16. The van der Waals surface area contributed by atoms with Crippen molar-refractivity contribution < 1.29 is 14.3 Å². The number of esters is 1. The van der Waals surface area contributed by atoms with Crippen molar-refractivity contribution in [1.29, 1.82) is 0 Å². The Kier molecular flexibility index (Phi) is 8.65. The predicted octanol–water partition coefficient (Wildman–Crippen LogP) is 3.48. The molecule has 0 saturated carbocycles. The van der Waals surface area contributed by atoms with Gasteiger partial charge in [0.2, 0.25) is 0 Å². The molecule has 0 fully saturated rings. The molecule has 1 atom stereocenters. The molecular formula is C18H25NO3. The Balaban J connectivity index is 2.45. The smallest absolute Gasteiger partial charge is 0.328 e. The lowest BCUT2D eigenvalue weighted by atomic mass is 10.1. The third-order valence-electron chi connectivity index (χ3n) is 3.48. The summed E-state index contributed by atoms with van der Waals surface area (Å²) in [5.74, 6) is -0.641. The first kappa shape index (κ1) is 18.0. The normalized spacial score (nSPS) is 11.5. The van der Waals surface area contributed by atoms with E-state index in [-0.39, 0.29) is 5.91 Å². The minimum Gasteiger partial charge on any atom is -0.467 e. The average Bonchev–Trinajstić information content (AvgIpc) is 2.56. The number of nitrogens with one attached hydrogen (secondary N) is 1. The first-order chi connectivity index (χ1) is 10.7. The van der Waals surface area contributed by atoms with E-state index in [1.165, 1.54) is 7.11 Å². The third kappa shape index (κ3) is 6.57. The highest BCUT2D eigenvalue weighted by atomic mass is 16.5. The van der Waals surface area contributed by atoms with E-state index in [4.69, 9.17) is 4.74 Å². The van der Waals surface area contributed by atoms with Gasteiger partial charge < -0.3 is 10.1 Å². The van der Waals surface area contributed by atoms with Crippen LogP contribution in [-0.4, -0.2) is 25.0 Å². The zero-order chi connectivity index (χ0) is 16.2. The summed E-state index contributed by atoms with van der Waals surface area (Å²) in [5.41, 5.74) is 0.544. The number of carbonyl (C=O) groups is 2. The van der Waals surface area contributed by atoms with Crippen LogP contribution in [0.4, 0.5) is 0 Å². The minimum atomic E-state index is -0.586. The molecule has 0 saturated heterocycles. The highest BCUT2D eigenvalue weighted by Crippen LogP contribution is 2.09. The maximum absolute atomic E-state index is 12.1. The van der Waals surface area contributed by atoms with Crippen molar-refractivity contribution in [3.63, 3.8) is 0 Å². The largest absolute Gasteiger partial charge is 0.467 e. The van der Waals surface area contributed by atoms with E-state index in [0.29, 0.717) is 12.0 Å². The number of benzene rings is 1. The summed E-state index contributed by atoms with van der Waals surface area (Å²) in [4.78, 5) is 23.9. The summed E-state index contributed by atoms with van der Waals surface area (Å²) < 4.78 is 4.78. The van der Waals surface area contributed by atoms with Crippen molar-refractivity contribution in [1.82, 2.24) is 5.32 Å². The maximum atomic E-state index is 12.1. The summed E-state index contributed by atoms with van der Waals surface area (Å²) in [6.45, 7) is 3.69.